The average molecular weight is 1370 g/mol. The van der Waals surface area contributed by atoms with Gasteiger partial charge in [0.05, 0.1) is 36.1 Å². The number of carbonyl (C=O) groups is 9. The number of carbonyl (C=O) groups excluding carboxylic acids is 8. The van der Waals surface area contributed by atoms with Crippen molar-refractivity contribution < 1.29 is 91.7 Å². The van der Waals surface area contributed by atoms with Crippen LogP contribution in [0.15, 0.2) is 77.4 Å². The first-order chi connectivity index (χ1) is 47.4. The Kier molecular flexibility index (Phi) is 21.4. The maximum Gasteiger partial charge on any atom is 0.409 e. The predicted octanol–water partition coefficient (Wildman–Crippen LogP) is 2.16. The second-order valence-electron chi connectivity index (χ2n) is 22.7. The highest BCUT2D eigenvalue weighted by Crippen LogP contribution is 2.38. The standard InChI is InChI=1S/C64H70N16O19/c1-7-38-53(97-32(4)70-38)60(90)74-63-72-40-26-35(56(66)89)28-43(49(40)79(63)21-10-9-20-78-48-36(25-34(55(65)88)27-42(48)94-6)37-29-68-57(73-58(37)78)59-69-31(3)75-80(59)8-2)95-23-11-19-76(5)64(93)96-30-33-12-13-41(98-62-52(87)50(85)51(86)54(99-62)61(91)92)39(24-33)71-45(82)16-18-67-44(81)17-22-77-46(83)14-15-47(77)84/h9-10,12-15,24-29,50-52,54,62,85-87H,7-8,11,16-23,30H2,1-6H3,(H2,65,88)(H2,66,89)(H,67,81)(H,71,82)(H,91,92)(H,72,74,90)/b10-9+/t50-,51-,52+,54-,62+/m0/s1. The molecule has 11 N–H and O–H groups in total. The van der Waals surface area contributed by atoms with Gasteiger partial charge in [-0.25, -0.2) is 39.2 Å². The highest BCUT2D eigenvalue weighted by Gasteiger charge is 2.48. The molecule has 5 atom stereocenters. The number of aliphatic hydroxyl groups is 3. The number of hydrogen-bond donors (Lipinski definition) is 9. The summed E-state index contributed by atoms with van der Waals surface area (Å²) in [5.41, 5.74) is 13.9. The third-order valence-corrected chi connectivity index (χ3v) is 15.9. The summed E-state index contributed by atoms with van der Waals surface area (Å²) >= 11 is 0. The number of aryl methyl sites for hydroxylation is 4. The lowest BCUT2D eigenvalue weighted by atomic mass is 9.99. The Labute approximate surface area is 561 Å². The predicted molar refractivity (Wildman–Crippen MR) is 347 cm³/mol. The lowest BCUT2D eigenvalue weighted by Gasteiger charge is -2.38. The number of methoxy groups -OCH3 is 1. The van der Waals surface area contributed by atoms with Gasteiger partial charge in [0.25, 0.3) is 17.7 Å². The summed E-state index contributed by atoms with van der Waals surface area (Å²) in [6.45, 7) is 6.92. The molecule has 0 bridgehead atoms. The molecule has 3 aromatic carbocycles. The number of carboxylic acids is 1. The van der Waals surface area contributed by atoms with Gasteiger partial charge in [-0.3, -0.25) is 43.8 Å². The van der Waals surface area contributed by atoms with Gasteiger partial charge in [-0.05, 0) is 68.7 Å². The Morgan fingerprint density at radius 1 is 0.798 bits per heavy atom. The summed E-state index contributed by atoms with van der Waals surface area (Å²) in [6.07, 6.45) is -3.38. The van der Waals surface area contributed by atoms with Crippen molar-refractivity contribution in [3.8, 4) is 28.9 Å². The summed E-state index contributed by atoms with van der Waals surface area (Å²) in [6, 6.07) is 10.1. The number of nitrogens with zero attached hydrogens (tertiary/aromatic N) is 11. The number of nitrogens with one attached hydrogen (secondary N) is 3. The molecule has 1 saturated heterocycles. The van der Waals surface area contributed by atoms with Crippen molar-refractivity contribution in [1.29, 1.82) is 0 Å². The molecule has 0 spiro atoms. The molecule has 0 aliphatic carbocycles. The second-order valence-corrected chi connectivity index (χ2v) is 22.7. The van der Waals surface area contributed by atoms with E-state index < -0.39 is 90.7 Å². The molecular weight excluding hydrogens is 1300 g/mol. The van der Waals surface area contributed by atoms with E-state index >= 15 is 0 Å². The number of imidazole rings is 1. The quantitative estimate of drug-likeness (QED) is 0.0184. The van der Waals surface area contributed by atoms with Crippen molar-refractivity contribution >= 4 is 98.0 Å². The summed E-state index contributed by atoms with van der Waals surface area (Å²) in [4.78, 5) is 140. The Hall–Kier alpha value is -11.7. The number of nitrogens with two attached hydrogens (primary N) is 2. The van der Waals surface area contributed by atoms with E-state index in [1.165, 1.54) is 55.5 Å². The molecule has 35 nitrogen and oxygen atoms in total. The molecule has 1 fully saturated rings. The van der Waals surface area contributed by atoms with Crippen LogP contribution in [-0.2, 0) is 66.1 Å². The molecule has 2 aliphatic rings. The Morgan fingerprint density at radius 2 is 1.52 bits per heavy atom. The highest BCUT2D eigenvalue weighted by atomic mass is 16.7. The minimum atomic E-state index is -2.03. The van der Waals surface area contributed by atoms with Gasteiger partial charge in [-0.2, -0.15) is 5.10 Å². The lowest BCUT2D eigenvalue weighted by Crippen LogP contribution is -2.61. The normalized spacial score (nSPS) is 16.8. The van der Waals surface area contributed by atoms with E-state index in [1.807, 2.05) is 24.5 Å². The number of anilines is 2. The van der Waals surface area contributed by atoms with E-state index in [9.17, 15) is 63.6 Å². The van der Waals surface area contributed by atoms with Gasteiger partial charge >= 0.3 is 12.1 Å². The van der Waals surface area contributed by atoms with Crippen LogP contribution in [0.5, 0.6) is 17.2 Å². The van der Waals surface area contributed by atoms with E-state index in [0.717, 1.165) is 17.1 Å². The number of ether oxygens (including phenoxy) is 5. The third-order valence-electron chi connectivity index (χ3n) is 15.9. The zero-order chi connectivity index (χ0) is 71.1. The molecule has 0 unspecified atom stereocenters. The van der Waals surface area contributed by atoms with Crippen molar-refractivity contribution in [3.05, 3.63) is 113 Å². The SMILES string of the molecule is CCc1nc(C)oc1C(=O)Nc1nc2cc(C(N)=O)cc(OCCCN(C)C(=O)OCc3ccc(O[C@@H]4O[C@H](C(=O)O)[C@@H](O)[C@H](O)[C@H]4O)c(NC(=O)CCNC(=O)CCN4C(=O)C=CC4=O)c3)c2n1C/C=C/Cn1c2nc(-c3nc(C)nn3CC)ncc2c2cc(C(N)=O)cc(OC)c21. The Bertz CT molecular complexity index is 4550. The molecule has 5 aromatic heterocycles. The zero-order valence-electron chi connectivity index (χ0n) is 54.3. The van der Waals surface area contributed by atoms with Gasteiger partial charge < -0.3 is 84.7 Å². The minimum Gasteiger partial charge on any atom is -0.495 e. The number of carboxylic acid groups (broad SMARTS) is 1. The largest absolute Gasteiger partial charge is 0.495 e. The molecule has 520 valence electrons. The van der Waals surface area contributed by atoms with Crippen LogP contribution in [0.25, 0.3) is 44.6 Å². The van der Waals surface area contributed by atoms with Crippen LogP contribution in [0.1, 0.15) is 87.4 Å². The van der Waals surface area contributed by atoms with Gasteiger partial charge in [-0.1, -0.05) is 25.1 Å². The molecule has 99 heavy (non-hydrogen) atoms. The molecular formula is C64H70N16O19. The number of aliphatic carboxylic acids is 1. The van der Waals surface area contributed by atoms with Gasteiger partial charge in [0.2, 0.25) is 41.6 Å². The minimum absolute atomic E-state index is 0.0145. The van der Waals surface area contributed by atoms with Crippen molar-refractivity contribution in [2.75, 3.05) is 51.0 Å². The first-order valence-electron chi connectivity index (χ1n) is 31.0. The lowest BCUT2D eigenvalue weighted by molar-refractivity contribution is -0.271. The number of benzene rings is 3. The molecule has 8 aromatic rings. The number of oxazole rings is 1. The number of allylic oxidation sites excluding steroid dienone is 2. The molecule has 0 saturated carbocycles. The van der Waals surface area contributed by atoms with Gasteiger partial charge in [0.1, 0.15) is 59.2 Å². The molecule has 35 heteroatoms. The van der Waals surface area contributed by atoms with Crippen LogP contribution in [0.4, 0.5) is 16.4 Å². The number of primary amides is 2. The smallest absolute Gasteiger partial charge is 0.409 e. The first-order valence-corrected chi connectivity index (χ1v) is 31.0. The second kappa shape index (κ2) is 30.2. The summed E-state index contributed by atoms with van der Waals surface area (Å²) in [7, 11) is 2.92. The summed E-state index contributed by atoms with van der Waals surface area (Å²) in [5.74, 6) is -4.53. The number of aliphatic hydroxyl groups excluding tert-OH is 3. The number of hydrogen-bond acceptors (Lipinski definition) is 24. The van der Waals surface area contributed by atoms with E-state index in [2.05, 4.69) is 36.0 Å². The van der Waals surface area contributed by atoms with Crippen molar-refractivity contribution in [1.82, 2.24) is 59.0 Å². The van der Waals surface area contributed by atoms with Crippen LogP contribution < -0.4 is 41.6 Å². The van der Waals surface area contributed by atoms with Gasteiger partial charge in [0, 0.05) is 106 Å². The summed E-state index contributed by atoms with van der Waals surface area (Å²) < 4.78 is 39.9. The fourth-order valence-electron chi connectivity index (χ4n) is 11.0. The van der Waals surface area contributed by atoms with Crippen molar-refractivity contribution in [3.63, 3.8) is 0 Å². The monoisotopic (exact) mass is 1370 g/mol. The van der Waals surface area contributed by atoms with E-state index in [1.54, 1.807) is 41.4 Å². The molecule has 7 heterocycles. The van der Waals surface area contributed by atoms with Gasteiger partial charge in [-0.15, -0.1) is 0 Å². The number of fused-ring (bicyclic) bond motifs is 4. The average Bonchev–Trinajstić information content (AvgIpc) is 1.60. The number of imide groups is 1. The van der Waals surface area contributed by atoms with E-state index in [4.69, 9.17) is 49.5 Å². The zero-order valence-corrected chi connectivity index (χ0v) is 54.3. The third kappa shape index (κ3) is 15.4. The van der Waals surface area contributed by atoms with Crippen molar-refractivity contribution in [2.24, 2.45) is 11.5 Å². The van der Waals surface area contributed by atoms with Crippen LogP contribution in [-0.4, -0.2) is 199 Å². The van der Waals surface area contributed by atoms with Crippen LogP contribution >= 0.6 is 0 Å². The maximum absolute atomic E-state index is 14.1. The molecule has 0 radical (unpaired) electrons. The van der Waals surface area contributed by atoms with Gasteiger partial charge in [0.15, 0.2) is 23.6 Å². The van der Waals surface area contributed by atoms with E-state index in [-0.39, 0.29) is 116 Å². The number of rotatable bonds is 29. The first kappa shape index (κ1) is 70.1. The maximum atomic E-state index is 14.1. The van der Waals surface area contributed by atoms with Crippen LogP contribution in [0.3, 0.4) is 0 Å². The Morgan fingerprint density at radius 3 is 2.21 bits per heavy atom. The molecule has 8 amide bonds. The van der Waals surface area contributed by atoms with Crippen LogP contribution in [0.2, 0.25) is 0 Å². The molecule has 2 aliphatic heterocycles. The fourth-order valence-corrected chi connectivity index (χ4v) is 11.0. The number of aromatic nitrogens is 9. The fraction of sp³-hybridized carbons (Fsp3) is 0.359. The summed E-state index contributed by atoms with van der Waals surface area (Å²) in [5, 5.41) is 54.6. The van der Waals surface area contributed by atoms with Crippen LogP contribution in [0, 0.1) is 13.8 Å². The molecule has 10 rings (SSSR count). The Balaban J connectivity index is 0.859. The number of amides is 8. The highest BCUT2D eigenvalue weighted by molar-refractivity contribution is 6.13. The topological polar surface area (TPSA) is 481 Å². The van der Waals surface area contributed by atoms with E-state index in [0.29, 0.717) is 69.3 Å². The van der Waals surface area contributed by atoms with Crippen molar-refractivity contribution in [2.45, 2.75) is 110 Å².